The molecule has 1 fully saturated rings. The van der Waals surface area contributed by atoms with Gasteiger partial charge in [-0.15, -0.1) is 0 Å². The van der Waals surface area contributed by atoms with Gasteiger partial charge >= 0.3 is 6.18 Å². The highest BCUT2D eigenvalue weighted by Crippen LogP contribution is 2.32. The molecule has 3 aromatic rings. The Morgan fingerprint density at radius 1 is 0.966 bits per heavy atom. The minimum atomic E-state index is -4.62. The average Bonchev–Trinajstić information content (AvgIpc) is 2.74. The van der Waals surface area contributed by atoms with Crippen LogP contribution in [-0.4, -0.2) is 47.7 Å². The number of hydrogen-bond acceptors (Lipinski definition) is 5. The monoisotopic (exact) mass is 402 g/mol. The third kappa shape index (κ3) is 4.65. The van der Waals surface area contributed by atoms with Gasteiger partial charge in [-0.05, 0) is 17.7 Å². The van der Waals surface area contributed by atoms with Gasteiger partial charge in [0.15, 0.2) is 0 Å². The number of para-hydroxylation sites is 1. The van der Waals surface area contributed by atoms with E-state index in [0.717, 1.165) is 18.7 Å². The lowest BCUT2D eigenvalue weighted by molar-refractivity contribution is -0.144. The molecule has 29 heavy (non-hydrogen) atoms. The Morgan fingerprint density at radius 3 is 2.38 bits per heavy atom. The second-order valence-corrected chi connectivity index (χ2v) is 6.93. The van der Waals surface area contributed by atoms with Crippen LogP contribution in [0.3, 0.4) is 0 Å². The standard InChI is InChI=1S/C21H21F3N4O/c22-21(23,24)20-26-17-9-5-4-8-16(17)19(27-20)25-18(15-6-2-1-3-7-15)14-28-10-12-29-13-11-28/h1-9,18H,10-14H2,(H,25,26,27). The topological polar surface area (TPSA) is 50.3 Å². The number of nitrogens with one attached hydrogen (secondary N) is 1. The van der Waals surface area contributed by atoms with E-state index >= 15 is 0 Å². The molecule has 0 amide bonds. The van der Waals surface area contributed by atoms with Crippen LogP contribution in [0.5, 0.6) is 0 Å². The van der Waals surface area contributed by atoms with Gasteiger partial charge in [-0.3, -0.25) is 4.90 Å². The van der Waals surface area contributed by atoms with Gasteiger partial charge in [-0.25, -0.2) is 9.97 Å². The summed E-state index contributed by atoms with van der Waals surface area (Å²) in [6.45, 7) is 3.49. The Hall–Kier alpha value is -2.71. The number of fused-ring (bicyclic) bond motifs is 1. The number of hydrogen-bond donors (Lipinski definition) is 1. The Bertz CT molecular complexity index is 959. The summed E-state index contributed by atoms with van der Waals surface area (Å²) < 4.78 is 45.5. The van der Waals surface area contributed by atoms with Gasteiger partial charge in [-0.1, -0.05) is 42.5 Å². The van der Waals surface area contributed by atoms with Gasteiger partial charge in [0, 0.05) is 25.0 Å². The van der Waals surface area contributed by atoms with Crippen molar-refractivity contribution in [1.29, 1.82) is 0 Å². The summed E-state index contributed by atoms with van der Waals surface area (Å²) in [6.07, 6.45) is -4.62. The molecule has 2 aromatic carbocycles. The van der Waals surface area contributed by atoms with E-state index in [1.54, 1.807) is 24.3 Å². The first kappa shape index (κ1) is 19.6. The number of rotatable bonds is 5. The van der Waals surface area contributed by atoms with Crippen molar-refractivity contribution in [1.82, 2.24) is 14.9 Å². The zero-order valence-electron chi connectivity index (χ0n) is 15.7. The molecular formula is C21H21F3N4O. The molecule has 1 atom stereocenters. The van der Waals surface area contributed by atoms with Crippen molar-refractivity contribution in [3.63, 3.8) is 0 Å². The fourth-order valence-corrected chi connectivity index (χ4v) is 3.44. The van der Waals surface area contributed by atoms with E-state index < -0.39 is 12.0 Å². The smallest absolute Gasteiger partial charge is 0.379 e. The molecule has 0 radical (unpaired) electrons. The van der Waals surface area contributed by atoms with Crippen molar-refractivity contribution in [2.24, 2.45) is 0 Å². The lowest BCUT2D eigenvalue weighted by atomic mass is 10.1. The molecule has 0 saturated carbocycles. The number of benzene rings is 2. The van der Waals surface area contributed by atoms with Gasteiger partial charge in [0.25, 0.3) is 0 Å². The van der Waals surface area contributed by atoms with Gasteiger partial charge in [0.2, 0.25) is 5.82 Å². The molecule has 0 aliphatic carbocycles. The maximum atomic E-state index is 13.4. The first-order valence-corrected chi connectivity index (χ1v) is 9.46. The van der Waals surface area contributed by atoms with Crippen molar-refractivity contribution >= 4 is 16.7 Å². The van der Waals surface area contributed by atoms with Gasteiger partial charge in [0.1, 0.15) is 5.82 Å². The summed E-state index contributed by atoms with van der Waals surface area (Å²) in [5, 5.41) is 3.82. The zero-order chi connectivity index (χ0) is 20.3. The number of ether oxygens (including phenoxy) is 1. The molecule has 1 unspecified atom stereocenters. The van der Waals surface area contributed by atoms with Crippen molar-refractivity contribution in [3.05, 3.63) is 66.0 Å². The van der Waals surface area contributed by atoms with Gasteiger partial charge in [-0.2, -0.15) is 13.2 Å². The van der Waals surface area contributed by atoms with E-state index in [-0.39, 0.29) is 17.4 Å². The number of morpholine rings is 1. The predicted octanol–water partition coefficient (Wildman–Crippen LogP) is 4.13. The average molecular weight is 402 g/mol. The lowest BCUT2D eigenvalue weighted by Crippen LogP contribution is -2.40. The maximum Gasteiger partial charge on any atom is 0.451 e. The van der Waals surface area contributed by atoms with E-state index in [9.17, 15) is 13.2 Å². The summed E-state index contributed by atoms with van der Waals surface area (Å²) in [4.78, 5) is 9.78. The summed E-state index contributed by atoms with van der Waals surface area (Å²) >= 11 is 0. The van der Waals surface area contributed by atoms with E-state index in [1.807, 2.05) is 30.3 Å². The Balaban J connectivity index is 1.72. The van der Waals surface area contributed by atoms with Crippen molar-refractivity contribution < 1.29 is 17.9 Å². The second-order valence-electron chi connectivity index (χ2n) is 6.93. The minimum Gasteiger partial charge on any atom is -0.379 e. The molecule has 2 heterocycles. The molecule has 1 aromatic heterocycles. The number of aromatic nitrogens is 2. The molecule has 8 heteroatoms. The molecular weight excluding hydrogens is 381 g/mol. The minimum absolute atomic E-state index is 0.185. The fraction of sp³-hybridized carbons (Fsp3) is 0.333. The van der Waals surface area contributed by atoms with Crippen LogP contribution in [0, 0.1) is 0 Å². The Kier molecular flexibility index (Phi) is 5.64. The molecule has 0 bridgehead atoms. The second kappa shape index (κ2) is 8.34. The fourth-order valence-electron chi connectivity index (χ4n) is 3.44. The molecule has 5 nitrogen and oxygen atoms in total. The van der Waals surface area contributed by atoms with Crippen LogP contribution in [-0.2, 0) is 10.9 Å². The maximum absolute atomic E-state index is 13.4. The Labute approximate surface area is 166 Å². The van der Waals surface area contributed by atoms with Crippen LogP contribution in [0.2, 0.25) is 0 Å². The molecule has 1 aliphatic heterocycles. The molecule has 1 saturated heterocycles. The van der Waals surface area contributed by atoms with E-state index in [1.165, 1.54) is 0 Å². The highest BCUT2D eigenvalue weighted by Gasteiger charge is 2.35. The first-order chi connectivity index (χ1) is 14.0. The van der Waals surface area contributed by atoms with E-state index in [4.69, 9.17) is 4.74 Å². The molecule has 1 aliphatic rings. The molecule has 152 valence electrons. The SMILES string of the molecule is FC(F)(F)c1nc(NC(CN2CCOCC2)c2ccccc2)c2ccccc2n1. The largest absolute Gasteiger partial charge is 0.451 e. The highest BCUT2D eigenvalue weighted by atomic mass is 19.4. The number of anilines is 1. The van der Waals surface area contributed by atoms with Gasteiger partial charge < -0.3 is 10.1 Å². The van der Waals surface area contributed by atoms with Crippen molar-refractivity contribution in [3.8, 4) is 0 Å². The van der Waals surface area contributed by atoms with Crippen LogP contribution in [0.15, 0.2) is 54.6 Å². The summed E-state index contributed by atoms with van der Waals surface area (Å²) in [6, 6.07) is 16.2. The van der Waals surface area contributed by atoms with E-state index in [0.29, 0.717) is 25.1 Å². The zero-order valence-corrected chi connectivity index (χ0v) is 15.7. The van der Waals surface area contributed by atoms with E-state index in [2.05, 4.69) is 20.2 Å². The number of nitrogens with zero attached hydrogens (tertiary/aromatic N) is 3. The molecule has 0 spiro atoms. The third-order valence-electron chi connectivity index (χ3n) is 4.91. The van der Waals surface area contributed by atoms with Gasteiger partial charge in [0.05, 0.1) is 24.8 Å². The van der Waals surface area contributed by atoms with Crippen LogP contribution in [0.4, 0.5) is 19.0 Å². The third-order valence-corrected chi connectivity index (χ3v) is 4.91. The molecule has 4 rings (SSSR count). The van der Waals surface area contributed by atoms with Crippen LogP contribution in [0.1, 0.15) is 17.4 Å². The number of alkyl halides is 3. The lowest BCUT2D eigenvalue weighted by Gasteiger charge is -2.31. The highest BCUT2D eigenvalue weighted by molar-refractivity contribution is 5.89. The first-order valence-electron chi connectivity index (χ1n) is 9.46. The molecule has 1 N–H and O–H groups in total. The quantitative estimate of drug-likeness (QED) is 0.695. The Morgan fingerprint density at radius 2 is 1.66 bits per heavy atom. The summed E-state index contributed by atoms with van der Waals surface area (Å²) in [7, 11) is 0. The van der Waals surface area contributed by atoms with Crippen molar-refractivity contribution in [2.75, 3.05) is 38.2 Å². The van der Waals surface area contributed by atoms with Crippen LogP contribution >= 0.6 is 0 Å². The van der Waals surface area contributed by atoms with Crippen LogP contribution < -0.4 is 5.32 Å². The normalized spacial score (nSPS) is 16.7. The summed E-state index contributed by atoms with van der Waals surface area (Å²) in [5.41, 5.74) is 1.24. The summed E-state index contributed by atoms with van der Waals surface area (Å²) in [5.74, 6) is -0.957. The van der Waals surface area contributed by atoms with Crippen molar-refractivity contribution in [2.45, 2.75) is 12.2 Å². The number of halogens is 3. The van der Waals surface area contributed by atoms with Crippen LogP contribution in [0.25, 0.3) is 10.9 Å². The predicted molar refractivity (Wildman–Crippen MR) is 105 cm³/mol.